The maximum absolute atomic E-state index is 12.4. The first-order chi connectivity index (χ1) is 9.43. The molecule has 0 saturated heterocycles. The molecule has 4 heteroatoms. The zero-order valence-corrected chi connectivity index (χ0v) is 12.5. The highest BCUT2D eigenvalue weighted by atomic mass is 16.1. The summed E-state index contributed by atoms with van der Waals surface area (Å²) in [6, 6.07) is 7.48. The molecule has 1 aromatic heterocycles. The van der Waals surface area contributed by atoms with E-state index in [4.69, 9.17) is 5.73 Å². The van der Waals surface area contributed by atoms with E-state index >= 15 is 0 Å². The Morgan fingerprint density at radius 1 is 1.20 bits per heavy atom. The van der Waals surface area contributed by atoms with Gasteiger partial charge in [-0.25, -0.2) is 4.68 Å². The summed E-state index contributed by atoms with van der Waals surface area (Å²) in [7, 11) is 0. The zero-order valence-electron chi connectivity index (χ0n) is 12.5. The van der Waals surface area contributed by atoms with Crippen molar-refractivity contribution in [2.24, 2.45) is 5.73 Å². The number of nitrogens with two attached hydrogens (primary N) is 1. The maximum Gasteiger partial charge on any atom is 0.271 e. The fourth-order valence-electron chi connectivity index (χ4n) is 2.48. The molecule has 4 nitrogen and oxygen atoms in total. The lowest BCUT2D eigenvalue weighted by Gasteiger charge is -2.16. The summed E-state index contributed by atoms with van der Waals surface area (Å²) in [4.78, 5) is 12.4. The van der Waals surface area contributed by atoms with Gasteiger partial charge >= 0.3 is 0 Å². The number of aryl methyl sites for hydroxylation is 4. The second-order valence-electron chi connectivity index (χ2n) is 5.20. The van der Waals surface area contributed by atoms with Crippen molar-refractivity contribution < 1.29 is 0 Å². The maximum atomic E-state index is 12.4. The van der Waals surface area contributed by atoms with Crippen LogP contribution in [0.2, 0.25) is 0 Å². The number of hydrogen-bond donors (Lipinski definition) is 1. The monoisotopic (exact) mass is 271 g/mol. The van der Waals surface area contributed by atoms with Gasteiger partial charge in [-0.05, 0) is 44.9 Å². The zero-order chi connectivity index (χ0) is 14.9. The van der Waals surface area contributed by atoms with Gasteiger partial charge in [0.05, 0.1) is 11.7 Å². The van der Waals surface area contributed by atoms with Crippen LogP contribution in [-0.2, 0) is 6.54 Å². The van der Waals surface area contributed by atoms with Crippen LogP contribution >= 0.6 is 0 Å². The van der Waals surface area contributed by atoms with Gasteiger partial charge in [0.25, 0.3) is 5.56 Å². The normalized spacial score (nSPS) is 12.4. The summed E-state index contributed by atoms with van der Waals surface area (Å²) < 4.78 is 1.47. The van der Waals surface area contributed by atoms with Crippen molar-refractivity contribution in [2.75, 3.05) is 0 Å². The quantitative estimate of drug-likeness (QED) is 0.931. The molecular formula is C16H21N3O. The lowest BCUT2D eigenvalue weighted by Crippen LogP contribution is -2.31. The summed E-state index contributed by atoms with van der Waals surface area (Å²) in [5.74, 6) is 0. The van der Waals surface area contributed by atoms with E-state index in [1.54, 1.807) is 6.07 Å². The molecule has 2 aromatic rings. The molecule has 0 aliphatic heterocycles. The molecule has 2 rings (SSSR count). The Bertz CT molecular complexity index is 689. The lowest BCUT2D eigenvalue weighted by molar-refractivity contribution is 0.591. The summed E-state index contributed by atoms with van der Waals surface area (Å²) in [5.41, 5.74) is 10.9. The Morgan fingerprint density at radius 3 is 2.50 bits per heavy atom. The van der Waals surface area contributed by atoms with E-state index in [0.29, 0.717) is 12.1 Å². The van der Waals surface area contributed by atoms with E-state index in [1.165, 1.54) is 10.2 Å². The van der Waals surface area contributed by atoms with Crippen molar-refractivity contribution in [1.29, 1.82) is 0 Å². The summed E-state index contributed by atoms with van der Waals surface area (Å²) in [6.45, 7) is 8.40. The highest BCUT2D eigenvalue weighted by Gasteiger charge is 2.17. The van der Waals surface area contributed by atoms with Crippen LogP contribution in [0.3, 0.4) is 0 Å². The largest absolute Gasteiger partial charge is 0.320 e. The number of rotatable bonds is 3. The molecule has 0 amide bonds. The topological polar surface area (TPSA) is 60.9 Å². The molecule has 106 valence electrons. The molecule has 0 saturated carbocycles. The van der Waals surface area contributed by atoms with E-state index in [2.05, 4.69) is 11.2 Å². The highest BCUT2D eigenvalue weighted by Crippen LogP contribution is 2.21. The van der Waals surface area contributed by atoms with Crippen LogP contribution in [0.25, 0.3) is 0 Å². The second-order valence-corrected chi connectivity index (χ2v) is 5.20. The standard InChI is InChI=1S/C16H21N3O/c1-5-19-16(20)14(9-12(4)18-19)15(17)13-7-6-10(2)8-11(13)3/h6-9,15H,5,17H2,1-4H3. The third-order valence-corrected chi connectivity index (χ3v) is 3.52. The van der Waals surface area contributed by atoms with Crippen molar-refractivity contribution in [3.8, 4) is 0 Å². The van der Waals surface area contributed by atoms with Gasteiger partial charge in [0.15, 0.2) is 0 Å². The molecule has 20 heavy (non-hydrogen) atoms. The summed E-state index contributed by atoms with van der Waals surface area (Å²) in [6.07, 6.45) is 0. The minimum atomic E-state index is -0.414. The Morgan fingerprint density at radius 2 is 1.90 bits per heavy atom. The van der Waals surface area contributed by atoms with E-state index in [0.717, 1.165) is 16.8 Å². The molecule has 0 fully saturated rings. The van der Waals surface area contributed by atoms with Crippen LogP contribution in [0.1, 0.15) is 40.9 Å². The van der Waals surface area contributed by atoms with Gasteiger partial charge in [0.2, 0.25) is 0 Å². The van der Waals surface area contributed by atoms with Gasteiger partial charge in [0.1, 0.15) is 0 Å². The van der Waals surface area contributed by atoms with E-state index in [1.807, 2.05) is 39.8 Å². The molecular weight excluding hydrogens is 250 g/mol. The Labute approximate surface area is 119 Å². The van der Waals surface area contributed by atoms with Crippen LogP contribution < -0.4 is 11.3 Å². The lowest BCUT2D eigenvalue weighted by atomic mass is 9.95. The molecule has 2 N–H and O–H groups in total. The predicted molar refractivity (Wildman–Crippen MR) is 80.9 cm³/mol. The van der Waals surface area contributed by atoms with E-state index in [-0.39, 0.29) is 5.56 Å². The van der Waals surface area contributed by atoms with Gasteiger partial charge < -0.3 is 5.73 Å². The molecule has 0 aliphatic rings. The first-order valence-corrected chi connectivity index (χ1v) is 6.85. The summed E-state index contributed by atoms with van der Waals surface area (Å²) in [5, 5.41) is 4.21. The van der Waals surface area contributed by atoms with Gasteiger partial charge in [-0.3, -0.25) is 4.79 Å². The first kappa shape index (κ1) is 14.5. The molecule has 1 unspecified atom stereocenters. The molecule has 0 bridgehead atoms. The van der Waals surface area contributed by atoms with Gasteiger partial charge in [0, 0.05) is 12.1 Å². The number of aromatic nitrogens is 2. The molecule has 1 heterocycles. The smallest absolute Gasteiger partial charge is 0.271 e. The average Bonchev–Trinajstić information content (AvgIpc) is 2.40. The van der Waals surface area contributed by atoms with Crippen LogP contribution in [-0.4, -0.2) is 9.78 Å². The third kappa shape index (κ3) is 2.65. The van der Waals surface area contributed by atoms with Gasteiger partial charge in [-0.2, -0.15) is 5.10 Å². The van der Waals surface area contributed by atoms with Crippen LogP contribution in [0.4, 0.5) is 0 Å². The second kappa shape index (κ2) is 5.59. The molecule has 0 radical (unpaired) electrons. The Kier molecular flexibility index (Phi) is 4.04. The summed E-state index contributed by atoms with van der Waals surface area (Å²) >= 11 is 0. The molecule has 1 atom stereocenters. The highest BCUT2D eigenvalue weighted by molar-refractivity contribution is 5.38. The van der Waals surface area contributed by atoms with Crippen molar-refractivity contribution in [3.05, 3.63) is 62.6 Å². The first-order valence-electron chi connectivity index (χ1n) is 6.85. The van der Waals surface area contributed by atoms with Crippen molar-refractivity contribution >= 4 is 0 Å². The SMILES string of the molecule is CCn1nc(C)cc(C(N)c2ccc(C)cc2C)c1=O. The van der Waals surface area contributed by atoms with Crippen LogP contribution in [0.5, 0.6) is 0 Å². The minimum absolute atomic E-state index is 0.106. The van der Waals surface area contributed by atoms with E-state index in [9.17, 15) is 4.79 Å². The molecule has 0 aliphatic carbocycles. The number of benzene rings is 1. The van der Waals surface area contributed by atoms with E-state index < -0.39 is 6.04 Å². The molecule has 0 spiro atoms. The van der Waals surface area contributed by atoms with Crippen molar-refractivity contribution in [3.63, 3.8) is 0 Å². The Hall–Kier alpha value is -1.94. The number of nitrogens with zero attached hydrogens (tertiary/aromatic N) is 2. The average molecular weight is 271 g/mol. The van der Waals surface area contributed by atoms with Gasteiger partial charge in [-0.1, -0.05) is 23.8 Å². The number of hydrogen-bond acceptors (Lipinski definition) is 3. The molecule has 1 aromatic carbocycles. The van der Waals surface area contributed by atoms with Crippen LogP contribution in [0.15, 0.2) is 29.1 Å². The van der Waals surface area contributed by atoms with Crippen molar-refractivity contribution in [2.45, 2.75) is 40.3 Å². The van der Waals surface area contributed by atoms with Crippen LogP contribution in [0, 0.1) is 20.8 Å². The fourth-order valence-corrected chi connectivity index (χ4v) is 2.48. The van der Waals surface area contributed by atoms with Crippen molar-refractivity contribution in [1.82, 2.24) is 9.78 Å². The minimum Gasteiger partial charge on any atom is -0.320 e. The predicted octanol–water partition coefficient (Wildman–Crippen LogP) is 2.24. The third-order valence-electron chi connectivity index (χ3n) is 3.52. The Balaban J connectivity index is 2.56. The van der Waals surface area contributed by atoms with Gasteiger partial charge in [-0.15, -0.1) is 0 Å². The fraction of sp³-hybridized carbons (Fsp3) is 0.375.